The van der Waals surface area contributed by atoms with E-state index in [-0.39, 0.29) is 5.69 Å². The molecule has 0 aliphatic heterocycles. The summed E-state index contributed by atoms with van der Waals surface area (Å²) in [5.41, 5.74) is 3.95. The van der Waals surface area contributed by atoms with Crippen molar-refractivity contribution in [1.82, 2.24) is 14.8 Å². The van der Waals surface area contributed by atoms with Crippen molar-refractivity contribution in [1.29, 1.82) is 0 Å². The fourth-order valence-electron chi connectivity index (χ4n) is 1.92. The molecule has 0 bridgehead atoms. The minimum Gasteiger partial charge on any atom is -0.477 e. The van der Waals surface area contributed by atoms with Crippen LogP contribution in [0.25, 0.3) is 0 Å². The van der Waals surface area contributed by atoms with Crippen molar-refractivity contribution in [3.05, 3.63) is 41.0 Å². The van der Waals surface area contributed by atoms with Crippen molar-refractivity contribution >= 4 is 11.7 Å². The van der Waals surface area contributed by atoms with Gasteiger partial charge < -0.3 is 10.4 Å². The predicted octanol–water partition coefficient (Wildman–Crippen LogP) is 1.74. The average Bonchev–Trinajstić information content (AvgIpc) is 2.61. The molecule has 0 amide bonds. The van der Waals surface area contributed by atoms with Gasteiger partial charge in [-0.3, -0.25) is 4.68 Å². The minimum atomic E-state index is -1.03. The summed E-state index contributed by atoms with van der Waals surface area (Å²) in [6.07, 6.45) is 1.48. The molecule has 0 saturated carbocycles. The monoisotopic (exact) mass is 260 g/mol. The van der Waals surface area contributed by atoms with E-state index >= 15 is 0 Å². The normalized spacial score (nSPS) is 10.5. The van der Waals surface area contributed by atoms with Gasteiger partial charge in [-0.15, -0.1) is 0 Å². The Hall–Kier alpha value is -2.37. The third-order valence-electron chi connectivity index (χ3n) is 3.11. The molecule has 0 fully saturated rings. The molecule has 2 heterocycles. The highest BCUT2D eigenvalue weighted by atomic mass is 16.4. The van der Waals surface area contributed by atoms with Gasteiger partial charge in [-0.2, -0.15) is 5.10 Å². The largest absolute Gasteiger partial charge is 0.477 e. The van der Waals surface area contributed by atoms with Crippen LogP contribution in [0.2, 0.25) is 0 Å². The van der Waals surface area contributed by atoms with Crippen molar-refractivity contribution < 1.29 is 9.90 Å². The lowest BCUT2D eigenvalue weighted by Gasteiger charge is -2.07. The second-order valence-corrected chi connectivity index (χ2v) is 4.36. The molecule has 0 radical (unpaired) electrons. The Morgan fingerprint density at radius 3 is 2.79 bits per heavy atom. The predicted molar refractivity (Wildman–Crippen MR) is 71.2 cm³/mol. The number of aromatic nitrogens is 3. The Bertz CT molecular complexity index is 619. The summed E-state index contributed by atoms with van der Waals surface area (Å²) in [4.78, 5) is 14.6. The van der Waals surface area contributed by atoms with Crippen LogP contribution in [0.15, 0.2) is 18.3 Å². The first kappa shape index (κ1) is 13.1. The molecule has 0 unspecified atom stereocenters. The Balaban J connectivity index is 2.14. The Morgan fingerprint density at radius 1 is 1.47 bits per heavy atom. The van der Waals surface area contributed by atoms with Gasteiger partial charge in [0.1, 0.15) is 5.69 Å². The molecule has 2 rings (SSSR count). The third kappa shape index (κ3) is 2.73. The third-order valence-corrected chi connectivity index (χ3v) is 3.11. The summed E-state index contributed by atoms with van der Waals surface area (Å²) in [6.45, 7) is 4.57. The summed E-state index contributed by atoms with van der Waals surface area (Å²) in [5, 5.41) is 16.4. The number of carboxylic acids is 1. The SMILES string of the molecule is Cc1nn(C)c(C)c1CNc1ccnc(C(=O)O)c1. The van der Waals surface area contributed by atoms with Crippen LogP contribution in [0.4, 0.5) is 5.69 Å². The van der Waals surface area contributed by atoms with E-state index in [0.29, 0.717) is 6.54 Å². The molecule has 2 aromatic heterocycles. The number of pyridine rings is 1. The number of nitrogens with one attached hydrogen (secondary N) is 1. The van der Waals surface area contributed by atoms with E-state index in [0.717, 1.165) is 22.6 Å². The van der Waals surface area contributed by atoms with E-state index in [4.69, 9.17) is 5.11 Å². The molecular formula is C13H16N4O2. The average molecular weight is 260 g/mol. The Kier molecular flexibility index (Phi) is 3.50. The van der Waals surface area contributed by atoms with E-state index in [1.165, 1.54) is 12.3 Å². The zero-order valence-electron chi connectivity index (χ0n) is 11.1. The minimum absolute atomic E-state index is 0.0321. The number of rotatable bonds is 4. The van der Waals surface area contributed by atoms with Gasteiger partial charge in [0.2, 0.25) is 0 Å². The molecule has 2 aromatic rings. The van der Waals surface area contributed by atoms with Crippen LogP contribution in [0.3, 0.4) is 0 Å². The van der Waals surface area contributed by atoms with E-state index in [2.05, 4.69) is 15.4 Å². The Labute approximate surface area is 111 Å². The van der Waals surface area contributed by atoms with Crippen LogP contribution in [0, 0.1) is 13.8 Å². The zero-order valence-corrected chi connectivity index (χ0v) is 11.1. The van der Waals surface area contributed by atoms with Gasteiger partial charge in [0.15, 0.2) is 0 Å². The molecule has 0 aliphatic rings. The number of carboxylic acid groups (broad SMARTS) is 1. The highest BCUT2D eigenvalue weighted by Crippen LogP contribution is 2.15. The number of aryl methyl sites for hydroxylation is 2. The molecule has 19 heavy (non-hydrogen) atoms. The molecular weight excluding hydrogens is 244 g/mol. The molecule has 6 heteroatoms. The first-order chi connectivity index (χ1) is 8.99. The number of hydrogen-bond acceptors (Lipinski definition) is 4. The second kappa shape index (κ2) is 5.09. The van der Waals surface area contributed by atoms with E-state index in [1.54, 1.807) is 6.07 Å². The molecule has 0 saturated heterocycles. The molecule has 2 N–H and O–H groups in total. The maximum atomic E-state index is 10.8. The van der Waals surface area contributed by atoms with Gasteiger partial charge >= 0.3 is 5.97 Å². The Morgan fingerprint density at radius 2 is 2.21 bits per heavy atom. The van der Waals surface area contributed by atoms with Crippen LogP contribution in [0.5, 0.6) is 0 Å². The standard InChI is InChI=1S/C13H16N4O2/c1-8-11(9(2)17(3)16-8)7-15-10-4-5-14-12(6-10)13(18)19/h4-6H,7H2,1-3H3,(H,14,15)(H,18,19). The van der Waals surface area contributed by atoms with Crippen molar-refractivity contribution in [3.8, 4) is 0 Å². The topological polar surface area (TPSA) is 80.0 Å². The van der Waals surface area contributed by atoms with Crippen molar-refractivity contribution in [3.63, 3.8) is 0 Å². The summed E-state index contributed by atoms with van der Waals surface area (Å²) < 4.78 is 1.83. The summed E-state index contributed by atoms with van der Waals surface area (Å²) in [5.74, 6) is -1.03. The highest BCUT2D eigenvalue weighted by molar-refractivity contribution is 5.86. The van der Waals surface area contributed by atoms with Crippen LogP contribution < -0.4 is 5.32 Å². The van der Waals surface area contributed by atoms with E-state index < -0.39 is 5.97 Å². The first-order valence-corrected chi connectivity index (χ1v) is 5.91. The van der Waals surface area contributed by atoms with Gasteiger partial charge in [-0.25, -0.2) is 9.78 Å². The lowest BCUT2D eigenvalue weighted by atomic mass is 10.2. The quantitative estimate of drug-likeness (QED) is 0.875. The maximum absolute atomic E-state index is 10.8. The lowest BCUT2D eigenvalue weighted by Crippen LogP contribution is -2.05. The van der Waals surface area contributed by atoms with Crippen LogP contribution >= 0.6 is 0 Å². The van der Waals surface area contributed by atoms with E-state index in [9.17, 15) is 4.79 Å². The van der Waals surface area contributed by atoms with Crippen molar-refractivity contribution in [2.24, 2.45) is 7.05 Å². The van der Waals surface area contributed by atoms with Crippen molar-refractivity contribution in [2.45, 2.75) is 20.4 Å². The number of anilines is 1. The van der Waals surface area contributed by atoms with Gasteiger partial charge in [0, 0.05) is 36.7 Å². The molecule has 0 spiro atoms. The molecule has 0 aliphatic carbocycles. The maximum Gasteiger partial charge on any atom is 0.354 e. The van der Waals surface area contributed by atoms with E-state index in [1.807, 2.05) is 25.6 Å². The summed E-state index contributed by atoms with van der Waals surface area (Å²) >= 11 is 0. The van der Waals surface area contributed by atoms with Gasteiger partial charge in [0.25, 0.3) is 0 Å². The number of aromatic carboxylic acids is 1. The van der Waals surface area contributed by atoms with Crippen molar-refractivity contribution in [2.75, 3.05) is 5.32 Å². The second-order valence-electron chi connectivity index (χ2n) is 4.36. The number of hydrogen-bond donors (Lipinski definition) is 2. The molecule has 0 aromatic carbocycles. The van der Waals surface area contributed by atoms with Gasteiger partial charge in [-0.1, -0.05) is 0 Å². The van der Waals surface area contributed by atoms with Crippen LogP contribution in [-0.2, 0) is 13.6 Å². The van der Waals surface area contributed by atoms with Gasteiger partial charge in [0.05, 0.1) is 5.69 Å². The molecule has 6 nitrogen and oxygen atoms in total. The zero-order chi connectivity index (χ0) is 14.0. The highest BCUT2D eigenvalue weighted by Gasteiger charge is 2.09. The van der Waals surface area contributed by atoms with Gasteiger partial charge in [-0.05, 0) is 26.0 Å². The fraction of sp³-hybridized carbons (Fsp3) is 0.308. The number of nitrogens with zero attached hydrogens (tertiary/aromatic N) is 3. The first-order valence-electron chi connectivity index (χ1n) is 5.91. The lowest BCUT2D eigenvalue weighted by molar-refractivity contribution is 0.0690. The smallest absolute Gasteiger partial charge is 0.354 e. The molecule has 100 valence electrons. The number of carbonyl (C=O) groups is 1. The fourth-order valence-corrected chi connectivity index (χ4v) is 1.92. The summed E-state index contributed by atoms with van der Waals surface area (Å²) in [6, 6.07) is 3.26. The summed E-state index contributed by atoms with van der Waals surface area (Å²) in [7, 11) is 1.90. The van der Waals surface area contributed by atoms with Crippen LogP contribution in [-0.4, -0.2) is 25.8 Å². The van der Waals surface area contributed by atoms with Crippen LogP contribution in [0.1, 0.15) is 27.4 Å². The molecule has 0 atom stereocenters.